The summed E-state index contributed by atoms with van der Waals surface area (Å²) in [7, 11) is 1.56. The van der Waals surface area contributed by atoms with Crippen molar-refractivity contribution < 1.29 is 9.84 Å². The summed E-state index contributed by atoms with van der Waals surface area (Å²) < 4.78 is 5.61. The van der Waals surface area contributed by atoms with Crippen LogP contribution >= 0.6 is 28.3 Å². The van der Waals surface area contributed by atoms with Crippen LogP contribution in [0.1, 0.15) is 11.6 Å². The van der Waals surface area contributed by atoms with Gasteiger partial charge in [0.2, 0.25) is 0 Å². The van der Waals surface area contributed by atoms with Crippen molar-refractivity contribution in [2.75, 3.05) is 7.11 Å². The minimum atomic E-state index is -0.401. The van der Waals surface area contributed by atoms with Gasteiger partial charge in [-0.15, -0.1) is 19.0 Å². The van der Waals surface area contributed by atoms with E-state index in [4.69, 9.17) is 10.5 Å². The van der Waals surface area contributed by atoms with Gasteiger partial charge in [0.15, 0.2) is 0 Å². The molecule has 0 saturated carbocycles. The van der Waals surface area contributed by atoms with Crippen molar-refractivity contribution >= 4 is 28.3 Å². The monoisotopic (exact) mass is 293 g/mol. The lowest BCUT2D eigenvalue weighted by atomic mass is 10.1. The molecule has 15 heavy (non-hydrogen) atoms. The van der Waals surface area contributed by atoms with Gasteiger partial charge in [0.1, 0.15) is 11.5 Å². The lowest BCUT2D eigenvalue weighted by Gasteiger charge is -2.12. The summed E-state index contributed by atoms with van der Waals surface area (Å²) in [5.74, 6) is 0.764. The number of benzene rings is 1. The smallest absolute Gasteiger partial charge is 0.135 e. The highest BCUT2D eigenvalue weighted by atomic mass is 79.9. The van der Waals surface area contributed by atoms with E-state index in [0.29, 0.717) is 15.8 Å². The van der Waals surface area contributed by atoms with Crippen molar-refractivity contribution in [2.24, 2.45) is 5.73 Å². The molecule has 0 spiro atoms. The van der Waals surface area contributed by atoms with Crippen LogP contribution in [-0.4, -0.2) is 12.2 Å². The fraction of sp³-hybridized carbons (Fsp3) is 0.200. The maximum absolute atomic E-state index is 9.69. The molecule has 0 radical (unpaired) electrons. The van der Waals surface area contributed by atoms with Crippen molar-refractivity contribution in [3.8, 4) is 11.5 Å². The van der Waals surface area contributed by atoms with Crippen LogP contribution in [0.15, 0.2) is 29.3 Å². The summed E-state index contributed by atoms with van der Waals surface area (Å²) in [6.45, 7) is 3.57. The Balaban J connectivity index is 0.00000196. The highest BCUT2D eigenvalue weighted by molar-refractivity contribution is 9.10. The fourth-order valence-corrected chi connectivity index (χ4v) is 1.55. The van der Waals surface area contributed by atoms with Crippen molar-refractivity contribution in [1.29, 1.82) is 0 Å². The predicted molar refractivity (Wildman–Crippen MR) is 66.7 cm³/mol. The van der Waals surface area contributed by atoms with E-state index in [2.05, 4.69) is 22.5 Å². The van der Waals surface area contributed by atoms with Gasteiger partial charge in [0.25, 0.3) is 0 Å². The number of hydrogen-bond acceptors (Lipinski definition) is 3. The van der Waals surface area contributed by atoms with E-state index in [0.717, 1.165) is 0 Å². The molecule has 0 bridgehead atoms. The lowest BCUT2D eigenvalue weighted by molar-refractivity contribution is 0.409. The topological polar surface area (TPSA) is 55.5 Å². The summed E-state index contributed by atoms with van der Waals surface area (Å²) in [6.07, 6.45) is 1.56. The predicted octanol–water partition coefficient (Wildman–Crippen LogP) is 2.77. The number of phenols is 1. The summed E-state index contributed by atoms with van der Waals surface area (Å²) >= 11 is 3.22. The molecular weight excluding hydrogens is 281 g/mol. The normalized spacial score (nSPS) is 11.4. The maximum Gasteiger partial charge on any atom is 0.135 e. The Labute approximate surface area is 103 Å². The second-order valence-electron chi connectivity index (χ2n) is 2.81. The van der Waals surface area contributed by atoms with Gasteiger partial charge < -0.3 is 15.6 Å². The number of methoxy groups -OCH3 is 1. The van der Waals surface area contributed by atoms with Crippen molar-refractivity contribution in [3.63, 3.8) is 0 Å². The molecule has 5 heteroatoms. The van der Waals surface area contributed by atoms with Gasteiger partial charge >= 0.3 is 0 Å². The third kappa shape index (κ3) is 3.12. The molecule has 0 amide bonds. The number of ether oxygens (including phenoxy) is 1. The average Bonchev–Trinajstić information content (AvgIpc) is 2.20. The fourth-order valence-electron chi connectivity index (χ4n) is 1.09. The molecule has 1 aromatic carbocycles. The summed E-state index contributed by atoms with van der Waals surface area (Å²) in [5.41, 5.74) is 6.32. The first-order chi connectivity index (χ1) is 6.60. The number of rotatable bonds is 3. The number of phenolic OH excluding ortho intramolecular Hbond substituents is 1. The van der Waals surface area contributed by atoms with Crippen LogP contribution in [0.5, 0.6) is 11.5 Å². The van der Waals surface area contributed by atoms with Gasteiger partial charge in [-0.25, -0.2) is 0 Å². The van der Waals surface area contributed by atoms with Gasteiger partial charge in [0.05, 0.1) is 17.6 Å². The first-order valence-electron chi connectivity index (χ1n) is 4.04. The third-order valence-corrected chi connectivity index (χ3v) is 2.52. The van der Waals surface area contributed by atoms with Crippen LogP contribution in [0.2, 0.25) is 0 Å². The molecule has 0 aromatic heterocycles. The SMILES string of the molecule is C=C[C@@H](N)c1cc(OC)cc(Br)c1O.Cl. The van der Waals surface area contributed by atoms with Crippen molar-refractivity contribution in [2.45, 2.75) is 6.04 Å². The number of nitrogens with two attached hydrogens (primary N) is 1. The van der Waals surface area contributed by atoms with E-state index in [1.54, 1.807) is 25.3 Å². The summed E-state index contributed by atoms with van der Waals surface area (Å²) in [5, 5.41) is 9.69. The number of hydrogen-bond donors (Lipinski definition) is 2. The Morgan fingerprint density at radius 3 is 2.67 bits per heavy atom. The minimum absolute atomic E-state index is 0. The Morgan fingerprint density at radius 2 is 2.20 bits per heavy atom. The highest BCUT2D eigenvalue weighted by Gasteiger charge is 2.12. The van der Waals surface area contributed by atoms with Crippen molar-refractivity contribution in [1.82, 2.24) is 0 Å². The largest absolute Gasteiger partial charge is 0.506 e. The first kappa shape index (κ1) is 14.3. The molecular formula is C10H13BrClNO2. The molecule has 1 rings (SSSR count). The molecule has 3 N–H and O–H groups in total. The molecule has 0 heterocycles. The van der Waals surface area contributed by atoms with E-state index >= 15 is 0 Å². The van der Waals surface area contributed by atoms with Crippen LogP contribution in [0.3, 0.4) is 0 Å². The van der Waals surface area contributed by atoms with Gasteiger partial charge in [-0.2, -0.15) is 0 Å². The molecule has 1 aromatic rings. The second kappa shape index (κ2) is 6.00. The quantitative estimate of drug-likeness (QED) is 0.843. The van der Waals surface area contributed by atoms with Gasteiger partial charge in [-0.05, 0) is 28.1 Å². The molecule has 0 unspecified atom stereocenters. The zero-order valence-corrected chi connectivity index (χ0v) is 10.6. The minimum Gasteiger partial charge on any atom is -0.506 e. The lowest BCUT2D eigenvalue weighted by Crippen LogP contribution is -2.07. The average molecular weight is 295 g/mol. The summed E-state index contributed by atoms with van der Waals surface area (Å²) in [6, 6.07) is 2.96. The maximum atomic E-state index is 9.69. The number of aromatic hydroxyl groups is 1. The highest BCUT2D eigenvalue weighted by Crippen LogP contribution is 2.35. The molecule has 0 saturated heterocycles. The molecule has 0 aliphatic carbocycles. The zero-order chi connectivity index (χ0) is 10.7. The Morgan fingerprint density at radius 1 is 1.60 bits per heavy atom. The van der Waals surface area contributed by atoms with Gasteiger partial charge in [0, 0.05) is 5.56 Å². The number of halogens is 2. The van der Waals surface area contributed by atoms with Gasteiger partial charge in [-0.1, -0.05) is 6.08 Å². The Hall–Kier alpha value is -0.710. The van der Waals surface area contributed by atoms with E-state index in [-0.39, 0.29) is 18.2 Å². The molecule has 0 aliphatic rings. The molecule has 1 atom stereocenters. The van der Waals surface area contributed by atoms with Crippen LogP contribution in [0.25, 0.3) is 0 Å². The van der Waals surface area contributed by atoms with Crippen molar-refractivity contribution in [3.05, 3.63) is 34.8 Å². The van der Waals surface area contributed by atoms with Gasteiger partial charge in [-0.3, -0.25) is 0 Å². The van der Waals surface area contributed by atoms with Crippen LogP contribution in [0, 0.1) is 0 Å². The molecule has 0 aliphatic heterocycles. The Kier molecular flexibility index (Phi) is 5.72. The van der Waals surface area contributed by atoms with Crippen LogP contribution in [-0.2, 0) is 0 Å². The van der Waals surface area contributed by atoms with E-state index in [1.165, 1.54) is 0 Å². The van der Waals surface area contributed by atoms with Crippen LogP contribution in [0.4, 0.5) is 0 Å². The van der Waals surface area contributed by atoms with E-state index in [9.17, 15) is 5.11 Å². The first-order valence-corrected chi connectivity index (χ1v) is 4.84. The molecule has 3 nitrogen and oxygen atoms in total. The Bertz CT molecular complexity index is 358. The molecule has 0 fully saturated rings. The van der Waals surface area contributed by atoms with E-state index < -0.39 is 6.04 Å². The standard InChI is InChI=1S/C10H12BrNO2.ClH/c1-3-9(12)7-4-6(14-2)5-8(11)10(7)13;/h3-5,9,13H,1,12H2,2H3;1H/t9-;/m1./s1. The third-order valence-electron chi connectivity index (χ3n) is 1.92. The molecule has 84 valence electrons. The summed E-state index contributed by atoms with van der Waals surface area (Å²) in [4.78, 5) is 0. The van der Waals surface area contributed by atoms with Crippen LogP contribution < -0.4 is 10.5 Å². The zero-order valence-electron chi connectivity index (χ0n) is 8.24. The second-order valence-corrected chi connectivity index (χ2v) is 3.66. The van der Waals surface area contributed by atoms with E-state index in [1.807, 2.05) is 0 Å².